The van der Waals surface area contributed by atoms with Gasteiger partial charge < -0.3 is 0 Å². The minimum absolute atomic E-state index is 0.837. The van der Waals surface area contributed by atoms with Crippen LogP contribution >= 0.6 is 0 Å². The highest BCUT2D eigenvalue weighted by molar-refractivity contribution is 5.06. The fourth-order valence-corrected chi connectivity index (χ4v) is 8.06. The number of rotatable bonds is 43. The predicted molar refractivity (Wildman–Crippen MR) is 242 cm³/mol. The van der Waals surface area contributed by atoms with Gasteiger partial charge in [-0.25, -0.2) is 0 Å². The van der Waals surface area contributed by atoms with Crippen LogP contribution in [0.2, 0.25) is 0 Å². The van der Waals surface area contributed by atoms with E-state index in [0.717, 1.165) is 5.92 Å². The zero-order valence-corrected chi connectivity index (χ0v) is 36.3. The van der Waals surface area contributed by atoms with Gasteiger partial charge in [-0.15, -0.1) is 13.2 Å². The molecule has 0 rings (SSSR count). The Morgan fingerprint density at radius 3 is 1.25 bits per heavy atom. The molecule has 1 atom stereocenters. The minimum atomic E-state index is 0.837. The van der Waals surface area contributed by atoms with Crippen molar-refractivity contribution in [3.63, 3.8) is 0 Å². The molecule has 0 saturated heterocycles. The van der Waals surface area contributed by atoms with Crippen LogP contribution in [0.4, 0.5) is 0 Å². The highest BCUT2D eigenvalue weighted by atomic mass is 14.2. The summed E-state index contributed by atoms with van der Waals surface area (Å²) in [7, 11) is 0. The quantitative estimate of drug-likeness (QED) is 0.0435. The van der Waals surface area contributed by atoms with Crippen LogP contribution in [-0.4, -0.2) is 0 Å². The maximum absolute atomic E-state index is 3.89. The first-order valence-corrected chi connectivity index (χ1v) is 23.9. The fraction of sp³-hybridized carbons (Fsp3) is 0.808. The highest BCUT2D eigenvalue weighted by Crippen LogP contribution is 2.29. The van der Waals surface area contributed by atoms with E-state index in [-0.39, 0.29) is 0 Å². The van der Waals surface area contributed by atoms with Gasteiger partial charge in [0.05, 0.1) is 0 Å². The van der Waals surface area contributed by atoms with E-state index in [1.165, 1.54) is 244 Å². The van der Waals surface area contributed by atoms with Crippen molar-refractivity contribution in [2.24, 2.45) is 5.92 Å². The Bertz CT molecular complexity index is 808. The summed E-state index contributed by atoms with van der Waals surface area (Å²) >= 11 is 0. The number of hydrogen-bond donors (Lipinski definition) is 0. The van der Waals surface area contributed by atoms with Crippen LogP contribution in [0.25, 0.3) is 0 Å². The molecule has 0 aromatic carbocycles. The first-order valence-electron chi connectivity index (χ1n) is 23.9. The summed E-state index contributed by atoms with van der Waals surface area (Å²) in [6.07, 6.45) is 66.6. The fourth-order valence-electron chi connectivity index (χ4n) is 8.06. The first kappa shape index (κ1) is 50.7. The van der Waals surface area contributed by atoms with Gasteiger partial charge in [-0.1, -0.05) is 203 Å². The molecule has 0 spiro atoms. The van der Waals surface area contributed by atoms with Gasteiger partial charge in [0, 0.05) is 0 Å². The summed E-state index contributed by atoms with van der Waals surface area (Å²) < 4.78 is 0. The summed E-state index contributed by atoms with van der Waals surface area (Å²) in [6, 6.07) is 0. The lowest BCUT2D eigenvalue weighted by molar-refractivity contribution is 0.442. The maximum atomic E-state index is 3.89. The zero-order valence-electron chi connectivity index (χ0n) is 36.3. The molecule has 0 radical (unpaired) electrons. The standard InChI is InChI=1S/C52H96/c1-6-11-15-18-21-23-25-27-29-31-33-36-42-48-52(51(10-5)47-41-35-32-30-28-26-24-22-19-16-12-7-2)49-43-37-40-46-50(44-38-14-9-4)45-39-34-20-17-13-8-3/h6-8,11,44,47,52H,2-3,9-10,12-43,45-46,48-49H2,1,4-5H3. The topological polar surface area (TPSA) is 0 Å². The van der Waals surface area contributed by atoms with E-state index in [1.54, 1.807) is 5.57 Å². The van der Waals surface area contributed by atoms with Crippen molar-refractivity contribution < 1.29 is 0 Å². The van der Waals surface area contributed by atoms with E-state index >= 15 is 0 Å². The first-order chi connectivity index (χ1) is 25.7. The number of unbranched alkanes of at least 4 members (excludes halogenated alkanes) is 28. The van der Waals surface area contributed by atoms with E-state index in [2.05, 4.69) is 70.4 Å². The van der Waals surface area contributed by atoms with Gasteiger partial charge in [0.1, 0.15) is 0 Å². The molecule has 304 valence electrons. The summed E-state index contributed by atoms with van der Waals surface area (Å²) in [5.41, 5.74) is 3.58. The Balaban J connectivity index is 4.70. The summed E-state index contributed by atoms with van der Waals surface area (Å²) in [6.45, 7) is 14.6. The largest absolute Gasteiger partial charge is 0.103 e. The van der Waals surface area contributed by atoms with E-state index < -0.39 is 0 Å². The zero-order chi connectivity index (χ0) is 37.8. The van der Waals surface area contributed by atoms with Crippen LogP contribution in [-0.2, 0) is 0 Å². The molecule has 1 unspecified atom stereocenters. The molecule has 0 nitrogen and oxygen atoms in total. The Morgan fingerprint density at radius 2 is 0.808 bits per heavy atom. The molecular weight excluding hydrogens is 625 g/mol. The van der Waals surface area contributed by atoms with Gasteiger partial charge in [-0.05, 0) is 116 Å². The van der Waals surface area contributed by atoms with Gasteiger partial charge >= 0.3 is 0 Å². The Morgan fingerprint density at radius 1 is 0.423 bits per heavy atom. The minimum Gasteiger partial charge on any atom is -0.103 e. The monoisotopic (exact) mass is 721 g/mol. The molecule has 0 aliphatic carbocycles. The summed E-state index contributed by atoms with van der Waals surface area (Å²) in [4.78, 5) is 0. The van der Waals surface area contributed by atoms with Crippen molar-refractivity contribution in [3.05, 3.63) is 60.8 Å². The lowest BCUT2D eigenvalue weighted by Crippen LogP contribution is -2.05. The summed E-state index contributed by atoms with van der Waals surface area (Å²) in [5.74, 6) is 0.837. The Kier molecular flexibility index (Phi) is 43.0. The molecule has 0 aliphatic heterocycles. The molecule has 0 amide bonds. The van der Waals surface area contributed by atoms with Crippen molar-refractivity contribution >= 4 is 0 Å². The Hall–Kier alpha value is -1.30. The van der Waals surface area contributed by atoms with Crippen LogP contribution in [0.3, 0.4) is 0 Å². The summed E-state index contributed by atoms with van der Waals surface area (Å²) in [5, 5.41) is 0. The highest BCUT2D eigenvalue weighted by Gasteiger charge is 2.13. The molecule has 52 heavy (non-hydrogen) atoms. The molecule has 0 N–H and O–H groups in total. The van der Waals surface area contributed by atoms with E-state index in [4.69, 9.17) is 0 Å². The van der Waals surface area contributed by atoms with E-state index in [9.17, 15) is 0 Å². The van der Waals surface area contributed by atoms with Crippen molar-refractivity contribution in [1.82, 2.24) is 0 Å². The lowest BCUT2D eigenvalue weighted by Gasteiger charge is -2.20. The molecule has 0 aromatic rings. The van der Waals surface area contributed by atoms with Crippen molar-refractivity contribution in [3.8, 4) is 0 Å². The molecule has 0 saturated carbocycles. The number of hydrogen-bond acceptors (Lipinski definition) is 0. The van der Waals surface area contributed by atoms with Crippen molar-refractivity contribution in [1.29, 1.82) is 0 Å². The van der Waals surface area contributed by atoms with Crippen LogP contribution in [0.5, 0.6) is 0 Å². The van der Waals surface area contributed by atoms with Crippen LogP contribution in [0, 0.1) is 5.92 Å². The molecule has 0 aromatic heterocycles. The van der Waals surface area contributed by atoms with E-state index in [0.29, 0.717) is 0 Å². The van der Waals surface area contributed by atoms with E-state index in [1.807, 2.05) is 5.57 Å². The Labute approximate surface area is 330 Å². The van der Waals surface area contributed by atoms with Gasteiger partial charge in [0.15, 0.2) is 0 Å². The molecule has 0 fully saturated rings. The third kappa shape index (κ3) is 37.0. The molecule has 0 heteroatoms. The molecule has 0 heterocycles. The van der Waals surface area contributed by atoms with Gasteiger partial charge in [0.2, 0.25) is 0 Å². The maximum Gasteiger partial charge on any atom is -0.0203 e. The van der Waals surface area contributed by atoms with Crippen LogP contribution in [0.1, 0.15) is 265 Å². The van der Waals surface area contributed by atoms with Crippen LogP contribution < -0.4 is 0 Å². The van der Waals surface area contributed by atoms with Crippen LogP contribution in [0.15, 0.2) is 60.8 Å². The van der Waals surface area contributed by atoms with Gasteiger partial charge in [0.25, 0.3) is 0 Å². The van der Waals surface area contributed by atoms with Gasteiger partial charge in [-0.3, -0.25) is 0 Å². The second-order valence-electron chi connectivity index (χ2n) is 16.4. The third-order valence-electron chi connectivity index (χ3n) is 11.6. The smallest absolute Gasteiger partial charge is 0.0203 e. The molecule has 0 aliphatic rings. The van der Waals surface area contributed by atoms with Crippen molar-refractivity contribution in [2.45, 2.75) is 265 Å². The third-order valence-corrected chi connectivity index (χ3v) is 11.6. The second kappa shape index (κ2) is 44.1. The molecule has 0 bridgehead atoms. The second-order valence-corrected chi connectivity index (χ2v) is 16.4. The average molecular weight is 721 g/mol. The average Bonchev–Trinajstić information content (AvgIpc) is 3.15. The number of allylic oxidation sites excluding steroid dienone is 8. The normalized spacial score (nSPS) is 13.0. The predicted octanol–water partition coefficient (Wildman–Crippen LogP) is 19.3. The van der Waals surface area contributed by atoms with Gasteiger partial charge in [-0.2, -0.15) is 0 Å². The lowest BCUT2D eigenvalue weighted by atomic mass is 9.85. The molecular formula is C52H96. The van der Waals surface area contributed by atoms with Crippen molar-refractivity contribution in [2.75, 3.05) is 0 Å². The SMILES string of the molecule is C=CCCCCCCCCCCCC=C(CC)C(CCCCCCCCCCCCC=CC)CCCCCC(=CCCCC)CCCCCCC=C.